The Kier molecular flexibility index (Phi) is 5.57. The highest BCUT2D eigenvalue weighted by molar-refractivity contribution is 6.07. The summed E-state index contributed by atoms with van der Waals surface area (Å²) in [6, 6.07) is 22.7. The molecule has 4 aromatic rings. The van der Waals surface area contributed by atoms with Gasteiger partial charge in [0.1, 0.15) is 17.4 Å². The molecule has 1 heterocycles. The SMILES string of the molecule is COc1ccccc1Nc1cc(C(=O)NCc2ccc(F)cc2)c2ccccc2n1. The van der Waals surface area contributed by atoms with Gasteiger partial charge >= 0.3 is 0 Å². The van der Waals surface area contributed by atoms with Crippen LogP contribution in [0.2, 0.25) is 0 Å². The van der Waals surface area contributed by atoms with Crippen molar-refractivity contribution >= 4 is 28.3 Å². The van der Waals surface area contributed by atoms with Gasteiger partial charge in [-0.2, -0.15) is 0 Å². The van der Waals surface area contributed by atoms with Crippen molar-refractivity contribution in [1.82, 2.24) is 10.3 Å². The van der Waals surface area contributed by atoms with Gasteiger partial charge in [-0.25, -0.2) is 9.37 Å². The quantitative estimate of drug-likeness (QED) is 0.474. The van der Waals surface area contributed by atoms with Crippen molar-refractivity contribution in [3.05, 3.63) is 95.8 Å². The van der Waals surface area contributed by atoms with Crippen LogP contribution < -0.4 is 15.4 Å². The molecular formula is C24H20FN3O2. The Morgan fingerprint density at radius 3 is 2.53 bits per heavy atom. The number of fused-ring (bicyclic) bond motifs is 1. The molecule has 0 saturated carbocycles. The average molecular weight is 401 g/mol. The summed E-state index contributed by atoms with van der Waals surface area (Å²) in [7, 11) is 1.60. The number of pyridine rings is 1. The molecule has 0 atom stereocenters. The second-order valence-corrected chi connectivity index (χ2v) is 6.71. The number of hydrogen-bond donors (Lipinski definition) is 2. The largest absolute Gasteiger partial charge is 0.495 e. The molecule has 150 valence electrons. The lowest BCUT2D eigenvalue weighted by Crippen LogP contribution is -2.23. The fraction of sp³-hybridized carbons (Fsp3) is 0.0833. The van der Waals surface area contributed by atoms with E-state index in [1.165, 1.54) is 12.1 Å². The van der Waals surface area contributed by atoms with E-state index in [0.717, 1.165) is 16.6 Å². The first kappa shape index (κ1) is 19.4. The van der Waals surface area contributed by atoms with Gasteiger partial charge in [-0.3, -0.25) is 4.79 Å². The van der Waals surface area contributed by atoms with Gasteiger partial charge in [0.2, 0.25) is 0 Å². The summed E-state index contributed by atoms with van der Waals surface area (Å²) in [6.45, 7) is 0.297. The standard InChI is InChI=1S/C24H20FN3O2/c1-30-22-9-5-4-8-21(22)28-23-14-19(18-6-2-3-7-20(18)27-23)24(29)26-15-16-10-12-17(25)13-11-16/h2-14H,15H2,1H3,(H,26,29)(H,27,28). The summed E-state index contributed by atoms with van der Waals surface area (Å²) in [4.78, 5) is 17.6. The van der Waals surface area contributed by atoms with E-state index in [1.807, 2.05) is 48.5 Å². The van der Waals surface area contributed by atoms with Crippen LogP contribution in [0.15, 0.2) is 78.9 Å². The molecule has 0 bridgehead atoms. The molecule has 0 radical (unpaired) electrons. The van der Waals surface area contributed by atoms with Crippen LogP contribution in [0, 0.1) is 5.82 Å². The predicted octanol–water partition coefficient (Wildman–Crippen LogP) is 5.06. The molecule has 2 N–H and O–H groups in total. The number of methoxy groups -OCH3 is 1. The van der Waals surface area contributed by atoms with Crippen molar-refractivity contribution in [2.24, 2.45) is 0 Å². The normalized spacial score (nSPS) is 10.6. The molecule has 0 aliphatic rings. The Balaban J connectivity index is 1.64. The van der Waals surface area contributed by atoms with Crippen LogP contribution in [0.25, 0.3) is 10.9 Å². The monoisotopic (exact) mass is 401 g/mol. The number of benzene rings is 3. The Bertz CT molecular complexity index is 1190. The van der Waals surface area contributed by atoms with Gasteiger partial charge in [0.05, 0.1) is 23.9 Å². The van der Waals surface area contributed by atoms with Crippen LogP contribution in [0.4, 0.5) is 15.9 Å². The first-order valence-corrected chi connectivity index (χ1v) is 9.46. The summed E-state index contributed by atoms with van der Waals surface area (Å²) in [5.74, 6) is 0.665. The minimum absolute atomic E-state index is 0.235. The van der Waals surface area contributed by atoms with Gasteiger partial charge in [0.25, 0.3) is 5.91 Å². The smallest absolute Gasteiger partial charge is 0.252 e. The second kappa shape index (κ2) is 8.61. The maximum absolute atomic E-state index is 13.1. The summed E-state index contributed by atoms with van der Waals surface area (Å²) in [6.07, 6.45) is 0. The van der Waals surface area contributed by atoms with Gasteiger partial charge in [0, 0.05) is 11.9 Å². The third kappa shape index (κ3) is 4.22. The molecule has 1 aromatic heterocycles. The van der Waals surface area contributed by atoms with Crippen LogP contribution in [-0.4, -0.2) is 18.0 Å². The van der Waals surface area contributed by atoms with Crippen LogP contribution >= 0.6 is 0 Å². The lowest BCUT2D eigenvalue weighted by atomic mass is 10.1. The fourth-order valence-corrected chi connectivity index (χ4v) is 3.19. The van der Waals surface area contributed by atoms with Crippen molar-refractivity contribution in [3.63, 3.8) is 0 Å². The third-order valence-corrected chi connectivity index (χ3v) is 4.70. The Morgan fingerprint density at radius 1 is 1.00 bits per heavy atom. The van der Waals surface area contributed by atoms with Gasteiger partial charge < -0.3 is 15.4 Å². The summed E-state index contributed by atoms with van der Waals surface area (Å²) in [5.41, 5.74) is 2.76. The number of amides is 1. The average Bonchev–Trinajstić information content (AvgIpc) is 2.78. The minimum Gasteiger partial charge on any atom is -0.495 e. The molecule has 0 saturated heterocycles. The molecular weight excluding hydrogens is 381 g/mol. The van der Waals surface area contributed by atoms with Gasteiger partial charge in [-0.15, -0.1) is 0 Å². The number of aromatic nitrogens is 1. The van der Waals surface area contributed by atoms with Crippen LogP contribution in [0.3, 0.4) is 0 Å². The predicted molar refractivity (Wildman–Crippen MR) is 116 cm³/mol. The molecule has 6 heteroatoms. The number of ether oxygens (including phenoxy) is 1. The molecule has 0 aliphatic heterocycles. The molecule has 4 rings (SSSR count). The summed E-state index contributed by atoms with van der Waals surface area (Å²) >= 11 is 0. The van der Waals surface area contributed by atoms with E-state index >= 15 is 0 Å². The lowest BCUT2D eigenvalue weighted by Gasteiger charge is -2.13. The van der Waals surface area contributed by atoms with Crippen molar-refractivity contribution in [3.8, 4) is 5.75 Å². The van der Waals surface area contributed by atoms with E-state index in [1.54, 1.807) is 25.3 Å². The number of hydrogen-bond acceptors (Lipinski definition) is 4. The zero-order valence-corrected chi connectivity index (χ0v) is 16.4. The van der Waals surface area contributed by atoms with E-state index in [9.17, 15) is 9.18 Å². The molecule has 0 aliphatic carbocycles. The van der Waals surface area contributed by atoms with Crippen molar-refractivity contribution < 1.29 is 13.9 Å². The number of nitrogens with one attached hydrogen (secondary N) is 2. The molecule has 3 aromatic carbocycles. The molecule has 30 heavy (non-hydrogen) atoms. The van der Waals surface area contributed by atoms with E-state index in [4.69, 9.17) is 4.74 Å². The topological polar surface area (TPSA) is 63.2 Å². The van der Waals surface area contributed by atoms with E-state index < -0.39 is 0 Å². The molecule has 0 unspecified atom stereocenters. The number of carbonyl (C=O) groups is 1. The van der Waals surface area contributed by atoms with Crippen molar-refractivity contribution in [2.45, 2.75) is 6.54 Å². The summed E-state index contributed by atoms with van der Waals surface area (Å²) in [5, 5.41) is 6.88. The van der Waals surface area contributed by atoms with Crippen LogP contribution in [-0.2, 0) is 6.54 Å². The van der Waals surface area contributed by atoms with Crippen molar-refractivity contribution in [2.75, 3.05) is 12.4 Å². The van der Waals surface area contributed by atoms with Gasteiger partial charge in [0.15, 0.2) is 0 Å². The molecule has 1 amide bonds. The Morgan fingerprint density at radius 2 is 1.73 bits per heavy atom. The first-order chi connectivity index (χ1) is 14.6. The minimum atomic E-state index is -0.308. The third-order valence-electron chi connectivity index (χ3n) is 4.70. The lowest BCUT2D eigenvalue weighted by molar-refractivity contribution is 0.0952. The van der Waals surface area contributed by atoms with Gasteiger partial charge in [-0.1, -0.05) is 42.5 Å². The maximum Gasteiger partial charge on any atom is 0.252 e. The highest BCUT2D eigenvalue weighted by atomic mass is 19.1. The zero-order chi connectivity index (χ0) is 20.9. The number of anilines is 2. The number of para-hydroxylation sites is 3. The molecule has 5 nitrogen and oxygen atoms in total. The van der Waals surface area contributed by atoms with Crippen LogP contribution in [0.5, 0.6) is 5.75 Å². The number of carbonyl (C=O) groups excluding carboxylic acids is 1. The maximum atomic E-state index is 13.1. The number of nitrogens with zero attached hydrogens (tertiary/aromatic N) is 1. The second-order valence-electron chi connectivity index (χ2n) is 6.71. The highest BCUT2D eigenvalue weighted by Gasteiger charge is 2.14. The fourth-order valence-electron chi connectivity index (χ4n) is 3.19. The highest BCUT2D eigenvalue weighted by Crippen LogP contribution is 2.28. The molecule has 0 spiro atoms. The van der Waals surface area contributed by atoms with E-state index in [-0.39, 0.29) is 11.7 Å². The van der Waals surface area contributed by atoms with E-state index in [0.29, 0.717) is 29.2 Å². The van der Waals surface area contributed by atoms with Crippen LogP contribution in [0.1, 0.15) is 15.9 Å². The Hall–Kier alpha value is -3.93. The first-order valence-electron chi connectivity index (χ1n) is 9.46. The summed E-state index contributed by atoms with van der Waals surface area (Å²) < 4.78 is 18.5. The number of halogens is 1. The molecule has 0 fully saturated rings. The zero-order valence-electron chi connectivity index (χ0n) is 16.4. The van der Waals surface area contributed by atoms with Crippen molar-refractivity contribution in [1.29, 1.82) is 0 Å². The Labute approximate surface area is 173 Å². The number of rotatable bonds is 6. The van der Waals surface area contributed by atoms with Gasteiger partial charge in [-0.05, 0) is 42.0 Å². The van der Waals surface area contributed by atoms with E-state index in [2.05, 4.69) is 15.6 Å².